The summed E-state index contributed by atoms with van der Waals surface area (Å²) in [6, 6.07) is 8.10. The van der Waals surface area contributed by atoms with Crippen LogP contribution in [0.3, 0.4) is 0 Å². The maximum Gasteiger partial charge on any atom is 0.449 e. The highest BCUT2D eigenvalue weighted by molar-refractivity contribution is 7.09. The van der Waals surface area contributed by atoms with Gasteiger partial charge >= 0.3 is 6.18 Å². The van der Waals surface area contributed by atoms with Crippen LogP contribution in [0.5, 0.6) is 0 Å². The number of thiophene rings is 1. The summed E-state index contributed by atoms with van der Waals surface area (Å²) >= 11 is 1.54. The highest BCUT2D eigenvalue weighted by Crippen LogP contribution is 2.28. The van der Waals surface area contributed by atoms with Gasteiger partial charge in [0.15, 0.2) is 0 Å². The predicted octanol–water partition coefficient (Wildman–Crippen LogP) is 3.92. The lowest BCUT2D eigenvalue weighted by Crippen LogP contribution is -2.25. The lowest BCUT2D eigenvalue weighted by molar-refractivity contribution is -0.144. The summed E-state index contributed by atoms with van der Waals surface area (Å²) in [7, 11) is 1.65. The van der Waals surface area contributed by atoms with Crippen molar-refractivity contribution in [3.05, 3.63) is 52.0 Å². The van der Waals surface area contributed by atoms with Crippen molar-refractivity contribution in [2.75, 3.05) is 7.05 Å². The van der Waals surface area contributed by atoms with Gasteiger partial charge < -0.3 is 9.88 Å². The second-order valence-corrected chi connectivity index (χ2v) is 6.09. The van der Waals surface area contributed by atoms with Crippen molar-refractivity contribution in [3.8, 4) is 0 Å². The number of imidazole rings is 1. The number of fused-ring (bicyclic) bond motifs is 1. The molecule has 2 heterocycles. The highest BCUT2D eigenvalue weighted by atomic mass is 32.1. The number of carbonyl (C=O) groups excluding carboxylic acids is 1. The van der Waals surface area contributed by atoms with E-state index in [4.69, 9.17) is 0 Å². The molecule has 0 saturated carbocycles. The van der Waals surface area contributed by atoms with Crippen LogP contribution in [0.15, 0.2) is 35.7 Å². The van der Waals surface area contributed by atoms with Crippen molar-refractivity contribution in [1.82, 2.24) is 14.9 Å². The molecular formula is C15H12F3N3OS. The van der Waals surface area contributed by atoms with Gasteiger partial charge in [0.25, 0.3) is 5.91 Å². The van der Waals surface area contributed by atoms with Crippen LogP contribution in [0.25, 0.3) is 11.0 Å². The first-order valence-electron chi connectivity index (χ1n) is 6.69. The molecule has 0 spiro atoms. The van der Waals surface area contributed by atoms with Gasteiger partial charge in [-0.2, -0.15) is 13.2 Å². The van der Waals surface area contributed by atoms with Gasteiger partial charge in [-0.3, -0.25) is 4.79 Å². The number of alkyl halides is 3. The van der Waals surface area contributed by atoms with E-state index in [1.54, 1.807) is 7.05 Å². The number of halogens is 3. The Morgan fingerprint density at radius 1 is 1.35 bits per heavy atom. The molecule has 0 atom stereocenters. The first-order chi connectivity index (χ1) is 10.8. The molecule has 23 heavy (non-hydrogen) atoms. The molecular weight excluding hydrogens is 327 g/mol. The molecule has 0 saturated heterocycles. The van der Waals surface area contributed by atoms with Gasteiger partial charge in [-0.05, 0) is 29.6 Å². The van der Waals surface area contributed by atoms with E-state index in [9.17, 15) is 18.0 Å². The first kappa shape index (κ1) is 15.5. The van der Waals surface area contributed by atoms with E-state index in [-0.39, 0.29) is 16.9 Å². The molecule has 0 aliphatic heterocycles. The number of aromatic amines is 1. The third-order valence-electron chi connectivity index (χ3n) is 3.32. The minimum atomic E-state index is -4.54. The van der Waals surface area contributed by atoms with Crippen LogP contribution in [-0.2, 0) is 12.7 Å². The Labute approximate surface area is 133 Å². The lowest BCUT2D eigenvalue weighted by Gasteiger charge is -2.16. The summed E-state index contributed by atoms with van der Waals surface area (Å²) in [6.45, 7) is 0.450. The van der Waals surface area contributed by atoms with Gasteiger partial charge in [0.1, 0.15) is 0 Å². The Kier molecular flexibility index (Phi) is 3.85. The molecule has 1 amide bonds. The molecule has 4 nitrogen and oxygen atoms in total. The molecule has 120 valence electrons. The van der Waals surface area contributed by atoms with E-state index in [0.717, 1.165) is 4.88 Å². The number of nitrogens with one attached hydrogen (secondary N) is 1. The zero-order valence-electron chi connectivity index (χ0n) is 12.0. The zero-order chi connectivity index (χ0) is 16.6. The van der Waals surface area contributed by atoms with Crippen LogP contribution in [0.2, 0.25) is 0 Å². The zero-order valence-corrected chi connectivity index (χ0v) is 12.8. The van der Waals surface area contributed by atoms with E-state index in [2.05, 4.69) is 9.97 Å². The monoisotopic (exact) mass is 339 g/mol. The molecule has 8 heteroatoms. The molecule has 0 radical (unpaired) electrons. The minimum Gasteiger partial charge on any atom is -0.337 e. The molecule has 0 bridgehead atoms. The Balaban J connectivity index is 1.86. The molecule has 1 aromatic carbocycles. The van der Waals surface area contributed by atoms with Gasteiger partial charge in [0.2, 0.25) is 5.82 Å². The number of amides is 1. The van der Waals surface area contributed by atoms with Gasteiger partial charge in [0, 0.05) is 17.5 Å². The van der Waals surface area contributed by atoms with E-state index in [1.807, 2.05) is 17.5 Å². The topological polar surface area (TPSA) is 49.0 Å². The number of aromatic nitrogens is 2. The maximum atomic E-state index is 12.7. The van der Waals surface area contributed by atoms with Gasteiger partial charge in [0.05, 0.1) is 17.6 Å². The molecule has 2 aromatic heterocycles. The average molecular weight is 339 g/mol. The van der Waals surface area contributed by atoms with Crippen LogP contribution in [-0.4, -0.2) is 27.8 Å². The quantitative estimate of drug-likeness (QED) is 0.786. The number of carbonyl (C=O) groups is 1. The number of hydrogen-bond acceptors (Lipinski definition) is 3. The minimum absolute atomic E-state index is 0.176. The van der Waals surface area contributed by atoms with Crippen LogP contribution in [0, 0.1) is 0 Å². The summed E-state index contributed by atoms with van der Waals surface area (Å²) in [5.74, 6) is -1.33. The summed E-state index contributed by atoms with van der Waals surface area (Å²) in [5.41, 5.74) is 0.677. The van der Waals surface area contributed by atoms with Crippen LogP contribution < -0.4 is 0 Å². The van der Waals surface area contributed by atoms with Crippen molar-refractivity contribution >= 4 is 28.3 Å². The molecule has 0 unspecified atom stereocenters. The first-order valence-corrected chi connectivity index (χ1v) is 7.57. The average Bonchev–Trinajstić information content (AvgIpc) is 3.13. The fourth-order valence-corrected chi connectivity index (χ4v) is 2.96. The summed E-state index contributed by atoms with van der Waals surface area (Å²) in [5, 5.41) is 1.92. The van der Waals surface area contributed by atoms with Crippen molar-refractivity contribution in [2.45, 2.75) is 12.7 Å². The van der Waals surface area contributed by atoms with Crippen LogP contribution in [0.4, 0.5) is 13.2 Å². The number of nitrogens with zero attached hydrogens (tertiary/aromatic N) is 2. The standard InChI is InChI=1S/C15H12F3N3OS/c1-21(8-10-3-2-6-23-10)13(22)9-4-5-11-12(7-9)20-14(19-11)15(16,17)18/h2-7H,8H2,1H3,(H,19,20). The Morgan fingerprint density at radius 2 is 2.13 bits per heavy atom. The predicted molar refractivity (Wildman–Crippen MR) is 81.2 cm³/mol. The number of H-pyrrole nitrogens is 1. The van der Waals surface area contributed by atoms with Crippen LogP contribution in [0.1, 0.15) is 21.1 Å². The third-order valence-corrected chi connectivity index (χ3v) is 4.18. The van der Waals surface area contributed by atoms with Crippen LogP contribution >= 0.6 is 11.3 Å². The van der Waals surface area contributed by atoms with Gasteiger partial charge in [-0.15, -0.1) is 11.3 Å². The Bertz CT molecular complexity index is 839. The fourth-order valence-electron chi connectivity index (χ4n) is 2.21. The number of rotatable bonds is 3. The largest absolute Gasteiger partial charge is 0.449 e. The fraction of sp³-hybridized carbons (Fsp3) is 0.200. The van der Waals surface area contributed by atoms with Crippen molar-refractivity contribution < 1.29 is 18.0 Å². The third kappa shape index (κ3) is 3.21. The summed E-state index contributed by atoms with van der Waals surface area (Å²) in [4.78, 5) is 20.6. The SMILES string of the molecule is CN(Cc1cccs1)C(=O)c1ccc2nc(C(F)(F)F)[nH]c2c1. The maximum absolute atomic E-state index is 12.7. The molecule has 0 aliphatic rings. The molecule has 3 aromatic rings. The summed E-state index contributed by atoms with van der Waals surface area (Å²) in [6.07, 6.45) is -4.54. The van der Waals surface area contributed by atoms with E-state index in [0.29, 0.717) is 12.1 Å². The normalized spacial score (nSPS) is 11.8. The van der Waals surface area contributed by atoms with E-state index < -0.39 is 12.0 Å². The molecule has 0 fully saturated rings. The van der Waals surface area contributed by atoms with Gasteiger partial charge in [-0.25, -0.2) is 4.98 Å². The van der Waals surface area contributed by atoms with E-state index in [1.165, 1.54) is 34.4 Å². The number of benzene rings is 1. The smallest absolute Gasteiger partial charge is 0.337 e. The lowest BCUT2D eigenvalue weighted by atomic mass is 10.2. The summed E-state index contributed by atoms with van der Waals surface area (Å²) < 4.78 is 38.0. The molecule has 3 rings (SSSR count). The molecule has 0 aliphatic carbocycles. The van der Waals surface area contributed by atoms with Crippen molar-refractivity contribution in [3.63, 3.8) is 0 Å². The Hall–Kier alpha value is -2.35. The number of hydrogen-bond donors (Lipinski definition) is 1. The second-order valence-electron chi connectivity index (χ2n) is 5.06. The van der Waals surface area contributed by atoms with E-state index >= 15 is 0 Å². The molecule has 1 N–H and O–H groups in total. The van der Waals surface area contributed by atoms with Gasteiger partial charge in [-0.1, -0.05) is 6.07 Å². The second kappa shape index (κ2) is 5.69. The Morgan fingerprint density at radius 3 is 2.78 bits per heavy atom. The van der Waals surface area contributed by atoms with Crippen molar-refractivity contribution in [2.24, 2.45) is 0 Å². The highest BCUT2D eigenvalue weighted by Gasteiger charge is 2.34. The van der Waals surface area contributed by atoms with Crippen molar-refractivity contribution in [1.29, 1.82) is 0 Å².